The number of aromatic hydroxyl groups is 1. The van der Waals surface area contributed by atoms with Crippen molar-refractivity contribution in [2.24, 2.45) is 0 Å². The molecule has 3 rings (SSSR count). The zero-order valence-electron chi connectivity index (χ0n) is 14.0. The maximum atomic E-state index is 12.2. The van der Waals surface area contributed by atoms with Crippen LogP contribution in [-0.2, 0) is 11.2 Å². The van der Waals surface area contributed by atoms with Gasteiger partial charge in [-0.1, -0.05) is 46.7 Å². The van der Waals surface area contributed by atoms with Crippen molar-refractivity contribution in [2.75, 3.05) is 10.6 Å². The number of aryl methyl sites for hydroxylation is 2. The summed E-state index contributed by atoms with van der Waals surface area (Å²) in [6.45, 7) is 4.01. The van der Waals surface area contributed by atoms with Gasteiger partial charge < -0.3 is 15.7 Å². The second-order valence-electron chi connectivity index (χ2n) is 5.85. The van der Waals surface area contributed by atoms with Crippen molar-refractivity contribution < 1.29 is 9.90 Å². The van der Waals surface area contributed by atoms with Crippen LogP contribution in [0.25, 0.3) is 0 Å². The maximum absolute atomic E-state index is 12.2. The number of aromatic nitrogens is 1. The SMILES string of the molecule is Cc1ccc(NC(=O)Cc2sc(Nc3ccc(C)cc3)nc2O)cc1. The van der Waals surface area contributed by atoms with Crippen molar-refractivity contribution >= 4 is 33.8 Å². The minimum atomic E-state index is -0.190. The summed E-state index contributed by atoms with van der Waals surface area (Å²) in [5.74, 6) is -0.302. The Morgan fingerprint density at radius 1 is 1.00 bits per heavy atom. The summed E-state index contributed by atoms with van der Waals surface area (Å²) in [6.07, 6.45) is 0.0763. The molecule has 0 aliphatic rings. The molecule has 0 saturated carbocycles. The number of benzene rings is 2. The van der Waals surface area contributed by atoms with Crippen molar-refractivity contribution in [1.82, 2.24) is 4.98 Å². The molecule has 0 atom stereocenters. The molecule has 0 radical (unpaired) electrons. The van der Waals surface area contributed by atoms with Gasteiger partial charge in [0.15, 0.2) is 5.13 Å². The number of rotatable bonds is 5. The number of nitrogens with zero attached hydrogens (tertiary/aromatic N) is 1. The first-order valence-corrected chi connectivity index (χ1v) is 8.70. The number of carbonyl (C=O) groups excluding carboxylic acids is 1. The van der Waals surface area contributed by atoms with Crippen molar-refractivity contribution in [3.63, 3.8) is 0 Å². The molecule has 5 nitrogen and oxygen atoms in total. The number of thiazole rings is 1. The molecule has 1 aromatic heterocycles. The first kappa shape index (κ1) is 17.0. The van der Waals surface area contributed by atoms with Crippen molar-refractivity contribution in [1.29, 1.82) is 0 Å². The van der Waals surface area contributed by atoms with Crippen LogP contribution in [0.3, 0.4) is 0 Å². The van der Waals surface area contributed by atoms with E-state index in [9.17, 15) is 9.90 Å². The Hall–Kier alpha value is -2.86. The van der Waals surface area contributed by atoms with Crippen LogP contribution in [0.4, 0.5) is 16.5 Å². The lowest BCUT2D eigenvalue weighted by Gasteiger charge is -2.04. The van der Waals surface area contributed by atoms with E-state index < -0.39 is 0 Å². The van der Waals surface area contributed by atoms with Gasteiger partial charge in [0.05, 0.1) is 11.3 Å². The van der Waals surface area contributed by atoms with Crippen LogP contribution < -0.4 is 10.6 Å². The highest BCUT2D eigenvalue weighted by molar-refractivity contribution is 7.16. The van der Waals surface area contributed by atoms with Gasteiger partial charge >= 0.3 is 0 Å². The van der Waals surface area contributed by atoms with Crippen LogP contribution >= 0.6 is 11.3 Å². The lowest BCUT2D eigenvalue weighted by atomic mass is 10.2. The molecule has 128 valence electrons. The Kier molecular flexibility index (Phi) is 5.00. The molecule has 3 N–H and O–H groups in total. The van der Waals surface area contributed by atoms with E-state index in [2.05, 4.69) is 15.6 Å². The van der Waals surface area contributed by atoms with E-state index in [0.29, 0.717) is 10.0 Å². The van der Waals surface area contributed by atoms with Gasteiger partial charge in [-0.2, -0.15) is 4.98 Å². The standard InChI is InChI=1S/C19H19N3O2S/c1-12-3-7-14(8-4-12)20-17(23)11-16-18(24)22-19(25-16)21-15-9-5-13(2)6-10-15/h3-10,24H,11H2,1-2H3,(H,20,23)(H,21,22). The third-order valence-electron chi connectivity index (χ3n) is 3.64. The quantitative estimate of drug-likeness (QED) is 0.636. The lowest BCUT2D eigenvalue weighted by Crippen LogP contribution is -2.13. The zero-order chi connectivity index (χ0) is 17.8. The average Bonchev–Trinajstić information content (AvgIpc) is 2.91. The van der Waals surface area contributed by atoms with Crippen molar-refractivity contribution in [3.8, 4) is 5.88 Å². The average molecular weight is 353 g/mol. The van der Waals surface area contributed by atoms with E-state index in [1.165, 1.54) is 16.9 Å². The van der Waals surface area contributed by atoms with Gasteiger partial charge in [-0.15, -0.1) is 0 Å². The van der Waals surface area contributed by atoms with E-state index in [0.717, 1.165) is 16.9 Å². The van der Waals surface area contributed by atoms with Crippen LogP contribution in [-0.4, -0.2) is 16.0 Å². The van der Waals surface area contributed by atoms with Crippen molar-refractivity contribution in [2.45, 2.75) is 20.3 Å². The predicted octanol–water partition coefficient (Wildman–Crippen LogP) is 4.39. The van der Waals surface area contributed by atoms with Gasteiger partial charge in [-0.3, -0.25) is 4.79 Å². The topological polar surface area (TPSA) is 74.2 Å². The highest BCUT2D eigenvalue weighted by Crippen LogP contribution is 2.30. The highest BCUT2D eigenvalue weighted by Gasteiger charge is 2.14. The van der Waals surface area contributed by atoms with Gasteiger partial charge in [0.25, 0.3) is 0 Å². The molecule has 6 heteroatoms. The third-order valence-corrected chi connectivity index (χ3v) is 4.60. The molecule has 0 saturated heterocycles. The monoisotopic (exact) mass is 353 g/mol. The summed E-state index contributed by atoms with van der Waals surface area (Å²) in [7, 11) is 0. The van der Waals surface area contributed by atoms with Gasteiger partial charge in [0.1, 0.15) is 0 Å². The molecule has 25 heavy (non-hydrogen) atoms. The first-order valence-electron chi connectivity index (χ1n) is 7.88. The number of nitrogens with one attached hydrogen (secondary N) is 2. The molecule has 0 aliphatic heterocycles. The molecule has 3 aromatic rings. The van der Waals surface area contributed by atoms with E-state index in [-0.39, 0.29) is 18.2 Å². The fourth-order valence-electron chi connectivity index (χ4n) is 2.26. The Bertz CT molecular complexity index is 871. The van der Waals surface area contributed by atoms with Crippen LogP contribution in [0.1, 0.15) is 16.0 Å². The number of amides is 1. The van der Waals surface area contributed by atoms with Crippen LogP contribution in [0.2, 0.25) is 0 Å². The van der Waals surface area contributed by atoms with E-state index in [1.54, 1.807) is 0 Å². The van der Waals surface area contributed by atoms with Gasteiger partial charge in [-0.05, 0) is 38.1 Å². The second kappa shape index (κ2) is 7.36. The van der Waals surface area contributed by atoms with Crippen LogP contribution in [0.15, 0.2) is 48.5 Å². The molecular weight excluding hydrogens is 334 g/mol. The summed E-state index contributed by atoms with van der Waals surface area (Å²) in [5.41, 5.74) is 3.92. The zero-order valence-corrected chi connectivity index (χ0v) is 14.9. The minimum absolute atomic E-state index is 0.0763. The van der Waals surface area contributed by atoms with E-state index in [1.807, 2.05) is 62.4 Å². The van der Waals surface area contributed by atoms with Crippen LogP contribution in [0.5, 0.6) is 5.88 Å². The summed E-state index contributed by atoms with van der Waals surface area (Å²) in [4.78, 5) is 16.8. The number of hydrogen-bond donors (Lipinski definition) is 3. The van der Waals surface area contributed by atoms with E-state index in [4.69, 9.17) is 0 Å². The number of anilines is 3. The van der Waals surface area contributed by atoms with E-state index >= 15 is 0 Å². The molecule has 0 spiro atoms. The lowest BCUT2D eigenvalue weighted by molar-refractivity contribution is -0.115. The maximum Gasteiger partial charge on any atom is 0.229 e. The second-order valence-corrected chi connectivity index (χ2v) is 6.93. The van der Waals surface area contributed by atoms with Gasteiger partial charge in [0, 0.05) is 11.4 Å². The smallest absolute Gasteiger partial charge is 0.229 e. The highest BCUT2D eigenvalue weighted by atomic mass is 32.1. The normalized spacial score (nSPS) is 10.5. The van der Waals surface area contributed by atoms with Gasteiger partial charge in [0.2, 0.25) is 11.8 Å². The molecular formula is C19H19N3O2S. The molecule has 1 amide bonds. The largest absolute Gasteiger partial charge is 0.492 e. The van der Waals surface area contributed by atoms with Crippen molar-refractivity contribution in [3.05, 3.63) is 64.5 Å². The number of hydrogen-bond acceptors (Lipinski definition) is 5. The molecule has 0 aliphatic carbocycles. The molecule has 0 fully saturated rings. The van der Waals surface area contributed by atoms with Gasteiger partial charge in [-0.25, -0.2) is 0 Å². The summed E-state index contributed by atoms with van der Waals surface area (Å²) >= 11 is 1.27. The predicted molar refractivity (Wildman–Crippen MR) is 102 cm³/mol. The Morgan fingerprint density at radius 2 is 1.56 bits per heavy atom. The fourth-order valence-corrected chi connectivity index (χ4v) is 3.14. The molecule has 1 heterocycles. The first-order chi connectivity index (χ1) is 12.0. The molecule has 0 bridgehead atoms. The Balaban J connectivity index is 1.64. The fraction of sp³-hybridized carbons (Fsp3) is 0.158. The van der Waals surface area contributed by atoms with Crippen LogP contribution in [0, 0.1) is 13.8 Å². The number of carbonyl (C=O) groups is 1. The Labute approximate surface area is 150 Å². The minimum Gasteiger partial charge on any atom is -0.492 e. The molecule has 0 unspecified atom stereocenters. The third kappa shape index (κ3) is 4.58. The Morgan fingerprint density at radius 3 is 2.16 bits per heavy atom. The summed E-state index contributed by atoms with van der Waals surface area (Å²) < 4.78 is 0. The summed E-state index contributed by atoms with van der Waals surface area (Å²) in [6, 6.07) is 15.4. The summed E-state index contributed by atoms with van der Waals surface area (Å²) in [5, 5.41) is 16.5. The molecule has 2 aromatic carbocycles.